The maximum absolute atomic E-state index is 13.4. The molecule has 1 fully saturated rings. The number of hydrogen-bond acceptors (Lipinski definition) is 6. The van der Waals surface area contributed by atoms with Crippen molar-refractivity contribution in [3.63, 3.8) is 0 Å². The highest BCUT2D eigenvalue weighted by Crippen LogP contribution is 2.44. The summed E-state index contributed by atoms with van der Waals surface area (Å²) in [6.07, 6.45) is 3.01. The minimum Gasteiger partial charge on any atom is -0.494 e. The monoisotopic (exact) mass is 518 g/mol. The topological polar surface area (TPSA) is 102 Å². The normalized spacial score (nSPS) is 21.3. The molecule has 2 aromatic rings. The summed E-state index contributed by atoms with van der Waals surface area (Å²) < 4.78 is 29.2. The zero-order valence-electron chi connectivity index (χ0n) is 20.8. The third-order valence-corrected chi connectivity index (χ3v) is 9.88. The standard InChI is InChI=1S/C26H34N2O5S2/c1-5-33-19-9-6-16(7-10-19)23(29)28-25-22(24(30)27-18-12-13-35(31,32)15-18)20-11-8-17(26(2,3)4)14-21(20)34-25/h6-7,9-10,17-18H,5,8,11-15H2,1-4H3,(H,27,30)(H,28,29). The number of rotatable bonds is 6. The summed E-state index contributed by atoms with van der Waals surface area (Å²) in [7, 11) is -3.12. The van der Waals surface area contributed by atoms with Gasteiger partial charge in [-0.3, -0.25) is 9.59 Å². The summed E-state index contributed by atoms with van der Waals surface area (Å²) >= 11 is 1.47. The molecule has 1 aliphatic carbocycles. The molecule has 0 spiro atoms. The fourth-order valence-corrected chi connectivity index (χ4v) is 7.86. The van der Waals surface area contributed by atoms with E-state index in [1.807, 2.05) is 6.92 Å². The van der Waals surface area contributed by atoms with Crippen molar-refractivity contribution < 1.29 is 22.7 Å². The Labute approximate surface area is 211 Å². The van der Waals surface area contributed by atoms with Gasteiger partial charge in [0.05, 0.1) is 23.7 Å². The maximum Gasteiger partial charge on any atom is 0.256 e. The van der Waals surface area contributed by atoms with E-state index in [2.05, 4.69) is 31.4 Å². The summed E-state index contributed by atoms with van der Waals surface area (Å²) in [6.45, 7) is 9.15. The minimum atomic E-state index is -3.12. The average molecular weight is 519 g/mol. The lowest BCUT2D eigenvalue weighted by Crippen LogP contribution is -2.36. The Morgan fingerprint density at radius 1 is 1.11 bits per heavy atom. The molecule has 4 rings (SSSR count). The van der Waals surface area contributed by atoms with Gasteiger partial charge in [0.15, 0.2) is 9.84 Å². The number of anilines is 1. The Morgan fingerprint density at radius 2 is 1.83 bits per heavy atom. The fourth-order valence-electron chi connectivity index (χ4n) is 4.86. The van der Waals surface area contributed by atoms with Crippen LogP contribution in [0.4, 0.5) is 5.00 Å². The van der Waals surface area contributed by atoms with Crippen molar-refractivity contribution in [3.05, 3.63) is 45.8 Å². The van der Waals surface area contributed by atoms with E-state index >= 15 is 0 Å². The van der Waals surface area contributed by atoms with Crippen LogP contribution in [-0.2, 0) is 22.7 Å². The van der Waals surface area contributed by atoms with Gasteiger partial charge in [-0.1, -0.05) is 20.8 Å². The van der Waals surface area contributed by atoms with Crippen LogP contribution in [0, 0.1) is 11.3 Å². The van der Waals surface area contributed by atoms with E-state index in [0.29, 0.717) is 40.8 Å². The van der Waals surface area contributed by atoms with E-state index in [9.17, 15) is 18.0 Å². The van der Waals surface area contributed by atoms with Crippen molar-refractivity contribution in [2.24, 2.45) is 11.3 Å². The molecule has 2 atom stereocenters. The second-order valence-corrected chi connectivity index (χ2v) is 13.8. The molecule has 0 bridgehead atoms. The SMILES string of the molecule is CCOc1ccc(C(=O)Nc2sc3c(c2C(=O)NC2CCS(=O)(=O)C2)CCC(C(C)(C)C)C3)cc1. The van der Waals surface area contributed by atoms with Crippen LogP contribution in [0.25, 0.3) is 0 Å². The molecular weight excluding hydrogens is 484 g/mol. The Hall–Kier alpha value is -2.39. The number of carbonyl (C=O) groups excluding carboxylic acids is 2. The van der Waals surface area contributed by atoms with E-state index in [4.69, 9.17) is 4.74 Å². The highest BCUT2D eigenvalue weighted by molar-refractivity contribution is 7.91. The molecule has 0 radical (unpaired) electrons. The number of amides is 2. The zero-order chi connectivity index (χ0) is 25.4. The molecule has 1 saturated heterocycles. The van der Waals surface area contributed by atoms with Gasteiger partial charge in [0.25, 0.3) is 11.8 Å². The highest BCUT2D eigenvalue weighted by Gasteiger charge is 2.36. The number of nitrogens with one attached hydrogen (secondary N) is 2. The first-order chi connectivity index (χ1) is 16.5. The Bertz CT molecular complexity index is 1210. The molecule has 1 aromatic heterocycles. The third kappa shape index (κ3) is 5.89. The molecule has 2 aliphatic rings. The van der Waals surface area contributed by atoms with Crippen LogP contribution < -0.4 is 15.4 Å². The lowest BCUT2D eigenvalue weighted by atomic mass is 9.72. The molecule has 35 heavy (non-hydrogen) atoms. The van der Waals surface area contributed by atoms with Gasteiger partial charge < -0.3 is 15.4 Å². The van der Waals surface area contributed by atoms with Crippen LogP contribution >= 0.6 is 11.3 Å². The molecule has 0 saturated carbocycles. The van der Waals surface area contributed by atoms with Gasteiger partial charge in [-0.05, 0) is 73.8 Å². The first-order valence-electron chi connectivity index (χ1n) is 12.2. The van der Waals surface area contributed by atoms with Crippen molar-refractivity contribution in [2.45, 2.75) is 59.4 Å². The van der Waals surface area contributed by atoms with Gasteiger partial charge in [0.2, 0.25) is 0 Å². The lowest BCUT2D eigenvalue weighted by Gasteiger charge is -2.33. The van der Waals surface area contributed by atoms with Gasteiger partial charge >= 0.3 is 0 Å². The van der Waals surface area contributed by atoms with Gasteiger partial charge in [0.1, 0.15) is 10.8 Å². The van der Waals surface area contributed by atoms with Gasteiger partial charge in [-0.2, -0.15) is 0 Å². The van der Waals surface area contributed by atoms with Gasteiger partial charge in [-0.15, -0.1) is 11.3 Å². The predicted molar refractivity (Wildman–Crippen MR) is 139 cm³/mol. The third-order valence-electron chi connectivity index (χ3n) is 6.94. The van der Waals surface area contributed by atoms with Crippen LogP contribution in [0.5, 0.6) is 5.75 Å². The van der Waals surface area contributed by atoms with Crippen molar-refractivity contribution >= 4 is 38.0 Å². The number of fused-ring (bicyclic) bond motifs is 1. The zero-order valence-corrected chi connectivity index (χ0v) is 22.4. The summed E-state index contributed by atoms with van der Waals surface area (Å²) in [4.78, 5) is 27.6. The highest BCUT2D eigenvalue weighted by atomic mass is 32.2. The van der Waals surface area contributed by atoms with E-state index < -0.39 is 15.9 Å². The van der Waals surface area contributed by atoms with Crippen LogP contribution in [-0.4, -0.2) is 44.4 Å². The lowest BCUT2D eigenvalue weighted by molar-refractivity contribution is 0.0941. The Balaban J connectivity index is 1.61. The number of thiophene rings is 1. The second kappa shape index (κ2) is 9.93. The van der Waals surface area contributed by atoms with E-state index in [1.165, 1.54) is 11.3 Å². The number of benzene rings is 1. The summed E-state index contributed by atoms with van der Waals surface area (Å²) in [5.41, 5.74) is 2.09. The van der Waals surface area contributed by atoms with Crippen LogP contribution in [0.1, 0.15) is 71.7 Å². The van der Waals surface area contributed by atoms with Crippen molar-refractivity contribution in [1.82, 2.24) is 5.32 Å². The van der Waals surface area contributed by atoms with Crippen LogP contribution in [0.15, 0.2) is 24.3 Å². The molecule has 2 heterocycles. The molecule has 1 aromatic carbocycles. The van der Waals surface area contributed by atoms with Gasteiger partial charge in [-0.25, -0.2) is 8.42 Å². The van der Waals surface area contributed by atoms with E-state index in [-0.39, 0.29) is 28.7 Å². The van der Waals surface area contributed by atoms with Crippen LogP contribution in [0.3, 0.4) is 0 Å². The molecule has 2 N–H and O–H groups in total. The summed E-state index contributed by atoms with van der Waals surface area (Å²) in [6, 6.07) is 6.50. The number of ether oxygens (including phenoxy) is 1. The minimum absolute atomic E-state index is 0.0367. The smallest absolute Gasteiger partial charge is 0.256 e. The van der Waals surface area contributed by atoms with Crippen molar-refractivity contribution in [1.29, 1.82) is 0 Å². The Morgan fingerprint density at radius 3 is 2.43 bits per heavy atom. The average Bonchev–Trinajstić information content (AvgIpc) is 3.31. The molecule has 7 nitrogen and oxygen atoms in total. The van der Waals surface area contributed by atoms with E-state index in [0.717, 1.165) is 29.7 Å². The van der Waals surface area contributed by atoms with E-state index in [1.54, 1.807) is 24.3 Å². The van der Waals surface area contributed by atoms with Gasteiger partial charge in [0, 0.05) is 16.5 Å². The molecule has 9 heteroatoms. The summed E-state index contributed by atoms with van der Waals surface area (Å²) in [5.74, 6) is 0.631. The first-order valence-corrected chi connectivity index (χ1v) is 14.8. The molecule has 190 valence electrons. The number of sulfone groups is 1. The molecule has 1 aliphatic heterocycles. The van der Waals surface area contributed by atoms with Crippen molar-refractivity contribution in [2.75, 3.05) is 23.4 Å². The molecule has 2 unspecified atom stereocenters. The number of hydrogen-bond donors (Lipinski definition) is 2. The maximum atomic E-state index is 13.4. The van der Waals surface area contributed by atoms with Crippen molar-refractivity contribution in [3.8, 4) is 5.75 Å². The first kappa shape index (κ1) is 25.7. The molecule has 2 amide bonds. The van der Waals surface area contributed by atoms with Crippen LogP contribution in [0.2, 0.25) is 0 Å². The molecular formula is C26H34N2O5S2. The Kier molecular flexibility index (Phi) is 7.29. The quantitative estimate of drug-likeness (QED) is 0.588. The number of carbonyl (C=O) groups is 2. The summed E-state index contributed by atoms with van der Waals surface area (Å²) in [5, 5.41) is 6.42. The largest absolute Gasteiger partial charge is 0.494 e. The predicted octanol–water partition coefficient (Wildman–Crippen LogP) is 4.47. The second-order valence-electron chi connectivity index (χ2n) is 10.5. The fraction of sp³-hybridized carbons (Fsp3) is 0.538.